The summed E-state index contributed by atoms with van der Waals surface area (Å²) in [5.74, 6) is -0.388. The summed E-state index contributed by atoms with van der Waals surface area (Å²) in [6.45, 7) is 0. The zero-order valence-electron chi connectivity index (χ0n) is 6.61. The smallest absolute Gasteiger partial charge is 0.376 e. The molecule has 0 aromatic carbocycles. The Labute approximate surface area is 69.4 Å². The van der Waals surface area contributed by atoms with E-state index in [2.05, 4.69) is 9.89 Å². The van der Waals surface area contributed by atoms with Gasteiger partial charge in [-0.3, -0.25) is 0 Å². The molecular weight excluding hydrogens is 158 g/mol. The molecule has 0 fully saturated rings. The van der Waals surface area contributed by atoms with Crippen LogP contribution in [0.1, 0.15) is 10.6 Å². The summed E-state index contributed by atoms with van der Waals surface area (Å²) in [6.07, 6.45) is 1.56. The molecule has 4 nitrogen and oxygen atoms in total. The fraction of sp³-hybridized carbons (Fsp3) is 0.125. The number of carbonyl (C=O) groups is 1. The van der Waals surface area contributed by atoms with Crippen molar-refractivity contribution in [2.75, 3.05) is 7.11 Å². The number of esters is 1. The molecule has 0 bridgehead atoms. The van der Waals surface area contributed by atoms with Crippen molar-refractivity contribution >= 4 is 5.97 Å². The van der Waals surface area contributed by atoms with Crippen LogP contribution in [0, 0.1) is 0 Å². The molecule has 0 saturated carbocycles. The van der Waals surface area contributed by atoms with Crippen molar-refractivity contribution in [1.82, 2.24) is 5.16 Å². The standard InChI is InChI=1S/C8H9NO3/c1-11-8(10)7-5-3-2-4-6-9-12-7/h2-6,9H,1H3. The lowest BCUT2D eigenvalue weighted by Crippen LogP contribution is -1.99. The number of hydrogen-bond donors (Lipinski definition) is 1. The van der Waals surface area contributed by atoms with Crippen LogP contribution in [-0.4, -0.2) is 18.2 Å². The van der Waals surface area contributed by atoms with E-state index in [9.17, 15) is 4.79 Å². The lowest BCUT2D eigenvalue weighted by molar-refractivity contribution is 0.0550. The fourth-order valence-electron chi connectivity index (χ4n) is 0.644. The van der Waals surface area contributed by atoms with Crippen molar-refractivity contribution in [3.8, 4) is 0 Å². The second kappa shape index (κ2) is 4.23. The molecule has 64 valence electrons. The van der Waals surface area contributed by atoms with Crippen LogP contribution in [0.2, 0.25) is 0 Å². The molecule has 0 amide bonds. The van der Waals surface area contributed by atoms with E-state index < -0.39 is 5.97 Å². The van der Waals surface area contributed by atoms with E-state index in [1.165, 1.54) is 13.2 Å². The summed E-state index contributed by atoms with van der Waals surface area (Å²) >= 11 is 0. The average Bonchev–Trinajstić information content (AvgIpc) is 2.02. The Morgan fingerprint density at radius 2 is 2.33 bits per heavy atom. The van der Waals surface area contributed by atoms with Crippen molar-refractivity contribution < 1.29 is 14.1 Å². The fourth-order valence-corrected chi connectivity index (χ4v) is 0.644. The highest BCUT2D eigenvalue weighted by Gasteiger charge is 2.04. The number of ether oxygens (including phenoxy) is 1. The van der Waals surface area contributed by atoms with E-state index in [0.717, 1.165) is 0 Å². The molecule has 0 unspecified atom stereocenters. The summed E-state index contributed by atoms with van der Waals surface area (Å²) in [4.78, 5) is 10.9. The molecule has 1 aromatic rings. The number of methoxy groups -OCH3 is 1. The highest BCUT2D eigenvalue weighted by molar-refractivity contribution is 5.85. The van der Waals surface area contributed by atoms with Gasteiger partial charge in [-0.1, -0.05) is 12.1 Å². The SMILES string of the molecule is COC(=O)c1ccccc[nH]o1. The number of aromatic nitrogens is 1. The van der Waals surface area contributed by atoms with Crippen LogP contribution in [0.4, 0.5) is 0 Å². The second-order valence-corrected chi connectivity index (χ2v) is 1.99. The van der Waals surface area contributed by atoms with Crippen molar-refractivity contribution in [3.05, 3.63) is 36.2 Å². The average molecular weight is 167 g/mol. The largest absolute Gasteiger partial charge is 0.463 e. The molecule has 4 heteroatoms. The van der Waals surface area contributed by atoms with Crippen LogP contribution in [0.5, 0.6) is 0 Å². The van der Waals surface area contributed by atoms with E-state index >= 15 is 0 Å². The first-order chi connectivity index (χ1) is 5.84. The van der Waals surface area contributed by atoms with E-state index in [4.69, 9.17) is 4.52 Å². The number of hydrogen-bond acceptors (Lipinski definition) is 3. The number of nitrogens with one attached hydrogen (secondary N) is 1. The molecule has 0 aliphatic rings. The van der Waals surface area contributed by atoms with Crippen LogP contribution < -0.4 is 0 Å². The third-order valence-electron chi connectivity index (χ3n) is 1.19. The first kappa shape index (κ1) is 8.39. The maximum absolute atomic E-state index is 10.9. The third kappa shape index (κ3) is 2.16. The Kier molecular flexibility index (Phi) is 2.95. The quantitative estimate of drug-likeness (QED) is 0.645. The Bertz CT molecular complexity index is 279. The van der Waals surface area contributed by atoms with Crippen molar-refractivity contribution in [2.45, 2.75) is 0 Å². The zero-order chi connectivity index (χ0) is 8.81. The predicted molar refractivity (Wildman–Crippen MR) is 42.0 cm³/mol. The van der Waals surface area contributed by atoms with Gasteiger partial charge in [0.15, 0.2) is 0 Å². The molecule has 0 aliphatic heterocycles. The van der Waals surface area contributed by atoms with Gasteiger partial charge in [0.25, 0.3) is 0 Å². The topological polar surface area (TPSA) is 55.2 Å². The van der Waals surface area contributed by atoms with Gasteiger partial charge in [-0.15, -0.1) is 0 Å². The van der Waals surface area contributed by atoms with Gasteiger partial charge in [0.1, 0.15) is 0 Å². The van der Waals surface area contributed by atoms with Gasteiger partial charge in [0, 0.05) is 6.20 Å². The number of rotatable bonds is 1. The molecule has 1 rings (SSSR count). The summed E-state index contributed by atoms with van der Waals surface area (Å²) in [6, 6.07) is 6.70. The number of H-pyrrole nitrogens is 1. The van der Waals surface area contributed by atoms with Crippen molar-refractivity contribution in [2.24, 2.45) is 0 Å². The van der Waals surface area contributed by atoms with Crippen LogP contribution in [0.3, 0.4) is 0 Å². The Morgan fingerprint density at radius 1 is 1.50 bits per heavy atom. The third-order valence-corrected chi connectivity index (χ3v) is 1.19. The minimum atomic E-state index is -0.512. The molecule has 1 heterocycles. The van der Waals surface area contributed by atoms with Crippen LogP contribution in [0.25, 0.3) is 0 Å². The number of aromatic amines is 1. The molecular formula is C8H9NO3. The molecule has 0 aliphatic carbocycles. The van der Waals surface area contributed by atoms with Crippen LogP contribution >= 0.6 is 0 Å². The second-order valence-electron chi connectivity index (χ2n) is 1.99. The highest BCUT2D eigenvalue weighted by atomic mass is 16.5. The van der Waals surface area contributed by atoms with Crippen molar-refractivity contribution in [1.29, 1.82) is 0 Å². The van der Waals surface area contributed by atoms with Crippen LogP contribution in [0.15, 0.2) is 35.0 Å². The monoisotopic (exact) mass is 167 g/mol. The maximum atomic E-state index is 10.9. The van der Waals surface area contributed by atoms with E-state index in [-0.39, 0.29) is 5.76 Å². The normalized spacial score (nSPS) is 8.75. The maximum Gasteiger partial charge on any atom is 0.376 e. The van der Waals surface area contributed by atoms with Gasteiger partial charge in [0.2, 0.25) is 5.76 Å². The molecule has 0 radical (unpaired) electrons. The van der Waals surface area contributed by atoms with Crippen LogP contribution in [-0.2, 0) is 4.74 Å². The van der Waals surface area contributed by atoms with E-state index in [1.54, 1.807) is 24.4 Å². The van der Waals surface area contributed by atoms with E-state index in [0.29, 0.717) is 0 Å². The van der Waals surface area contributed by atoms with Gasteiger partial charge < -0.3 is 9.26 Å². The van der Waals surface area contributed by atoms with Gasteiger partial charge in [-0.2, -0.15) is 0 Å². The predicted octanol–water partition coefficient (Wildman–Crippen LogP) is 1.52. The Hall–Kier alpha value is -1.71. The summed E-state index contributed by atoms with van der Waals surface area (Å²) in [5, 5.41) is 2.45. The minimum Gasteiger partial charge on any atom is -0.463 e. The molecule has 0 saturated heterocycles. The van der Waals surface area contributed by atoms with Gasteiger partial charge in [-0.05, 0) is 12.1 Å². The molecule has 0 atom stereocenters. The van der Waals surface area contributed by atoms with Gasteiger partial charge >= 0.3 is 5.97 Å². The summed E-state index contributed by atoms with van der Waals surface area (Å²) < 4.78 is 9.29. The Morgan fingerprint density at radius 3 is 3.08 bits per heavy atom. The first-order valence-corrected chi connectivity index (χ1v) is 3.39. The summed E-state index contributed by atoms with van der Waals surface area (Å²) in [7, 11) is 1.30. The molecule has 0 spiro atoms. The van der Waals surface area contributed by atoms with E-state index in [1.807, 2.05) is 0 Å². The summed E-state index contributed by atoms with van der Waals surface area (Å²) in [5.41, 5.74) is 0. The molecule has 1 N–H and O–H groups in total. The number of carbonyl (C=O) groups excluding carboxylic acids is 1. The lowest BCUT2D eigenvalue weighted by Gasteiger charge is -1.93. The zero-order valence-corrected chi connectivity index (χ0v) is 6.61. The van der Waals surface area contributed by atoms with Gasteiger partial charge in [0.05, 0.1) is 7.11 Å². The molecule has 1 aromatic heterocycles. The minimum absolute atomic E-state index is 0.123. The lowest BCUT2D eigenvalue weighted by atomic mass is 10.4. The Balaban J connectivity index is 3.03. The van der Waals surface area contributed by atoms with Crippen molar-refractivity contribution in [3.63, 3.8) is 0 Å². The highest BCUT2D eigenvalue weighted by Crippen LogP contribution is 1.95. The van der Waals surface area contributed by atoms with Gasteiger partial charge in [-0.25, -0.2) is 9.95 Å². The molecule has 12 heavy (non-hydrogen) atoms. The first-order valence-electron chi connectivity index (χ1n) is 3.39.